The first-order chi connectivity index (χ1) is 6.74. The minimum absolute atomic E-state index is 0.345. The van der Waals surface area contributed by atoms with Crippen LogP contribution in [-0.4, -0.2) is 26.2 Å². The molecular weight excluding hydrogens is 202 g/mol. The Morgan fingerprint density at radius 2 is 2.36 bits per heavy atom. The molecule has 0 saturated carbocycles. The fourth-order valence-electron chi connectivity index (χ4n) is 0.945. The Morgan fingerprint density at radius 3 is 3.00 bits per heavy atom. The summed E-state index contributed by atoms with van der Waals surface area (Å²) >= 11 is 5.73. The number of hydrogen-bond donors (Lipinski definition) is 1. The van der Waals surface area contributed by atoms with Crippen LogP contribution in [-0.2, 0) is 4.74 Å². The maximum Gasteiger partial charge on any atom is 0.338 e. The van der Waals surface area contributed by atoms with Crippen LogP contribution in [0.2, 0.25) is 5.02 Å². The van der Waals surface area contributed by atoms with E-state index in [0.29, 0.717) is 23.7 Å². The van der Waals surface area contributed by atoms with Crippen molar-refractivity contribution in [3.63, 3.8) is 0 Å². The van der Waals surface area contributed by atoms with Gasteiger partial charge in [-0.25, -0.2) is 4.79 Å². The Morgan fingerprint density at radius 1 is 1.57 bits per heavy atom. The third kappa shape index (κ3) is 3.36. The molecule has 0 heterocycles. The number of benzene rings is 1. The number of esters is 1. The van der Waals surface area contributed by atoms with E-state index in [9.17, 15) is 4.79 Å². The van der Waals surface area contributed by atoms with Crippen LogP contribution in [0.1, 0.15) is 10.4 Å². The van der Waals surface area contributed by atoms with E-state index in [4.69, 9.17) is 16.3 Å². The van der Waals surface area contributed by atoms with E-state index in [1.807, 2.05) is 0 Å². The summed E-state index contributed by atoms with van der Waals surface area (Å²) in [5.41, 5.74) is 0.480. The number of carbonyl (C=O) groups is 1. The van der Waals surface area contributed by atoms with Crippen molar-refractivity contribution in [2.75, 3.05) is 20.2 Å². The molecule has 0 atom stereocenters. The van der Waals surface area contributed by atoms with Gasteiger partial charge in [-0.2, -0.15) is 0 Å². The second-order valence-corrected chi connectivity index (χ2v) is 3.19. The third-order valence-corrected chi connectivity index (χ3v) is 1.88. The number of hydrogen-bond acceptors (Lipinski definition) is 3. The van der Waals surface area contributed by atoms with Gasteiger partial charge in [0.25, 0.3) is 0 Å². The summed E-state index contributed by atoms with van der Waals surface area (Å²) in [6.45, 7) is 1.01. The Balaban J connectivity index is 2.52. The minimum Gasteiger partial charge on any atom is -0.461 e. The van der Waals surface area contributed by atoms with Crippen molar-refractivity contribution in [1.82, 2.24) is 5.32 Å². The molecule has 1 aromatic carbocycles. The molecule has 0 aliphatic carbocycles. The molecule has 14 heavy (non-hydrogen) atoms. The largest absolute Gasteiger partial charge is 0.461 e. The molecule has 4 heteroatoms. The lowest BCUT2D eigenvalue weighted by molar-refractivity contribution is 0.0510. The van der Waals surface area contributed by atoms with Crippen molar-refractivity contribution >= 4 is 17.6 Å². The predicted molar refractivity (Wildman–Crippen MR) is 55.7 cm³/mol. The summed E-state index contributed by atoms with van der Waals surface area (Å²) in [6, 6.07) is 6.69. The lowest BCUT2D eigenvalue weighted by Crippen LogP contribution is -2.17. The molecule has 0 unspecified atom stereocenters. The molecule has 0 spiro atoms. The van der Waals surface area contributed by atoms with E-state index in [-0.39, 0.29) is 5.97 Å². The van der Waals surface area contributed by atoms with Gasteiger partial charge in [-0.05, 0) is 25.2 Å². The average molecular weight is 214 g/mol. The first-order valence-corrected chi connectivity index (χ1v) is 4.69. The van der Waals surface area contributed by atoms with E-state index >= 15 is 0 Å². The van der Waals surface area contributed by atoms with Crippen molar-refractivity contribution in [1.29, 1.82) is 0 Å². The highest BCUT2D eigenvalue weighted by molar-refractivity contribution is 6.30. The van der Waals surface area contributed by atoms with Gasteiger partial charge in [0.05, 0.1) is 5.56 Å². The van der Waals surface area contributed by atoms with E-state index in [1.165, 1.54) is 0 Å². The van der Waals surface area contributed by atoms with Gasteiger partial charge >= 0.3 is 5.97 Å². The van der Waals surface area contributed by atoms with Gasteiger partial charge in [-0.1, -0.05) is 17.7 Å². The molecule has 76 valence electrons. The van der Waals surface area contributed by atoms with E-state index in [0.717, 1.165) is 0 Å². The molecule has 0 aliphatic heterocycles. The molecule has 3 nitrogen and oxygen atoms in total. The summed E-state index contributed by atoms with van der Waals surface area (Å²) in [7, 11) is 1.80. The molecule has 0 fully saturated rings. The van der Waals surface area contributed by atoms with Crippen molar-refractivity contribution in [3.05, 3.63) is 34.9 Å². The molecule has 1 N–H and O–H groups in total. The smallest absolute Gasteiger partial charge is 0.338 e. The van der Waals surface area contributed by atoms with Crippen molar-refractivity contribution < 1.29 is 9.53 Å². The second-order valence-electron chi connectivity index (χ2n) is 2.75. The number of carbonyl (C=O) groups excluding carboxylic acids is 1. The minimum atomic E-state index is -0.345. The summed E-state index contributed by atoms with van der Waals surface area (Å²) in [6.07, 6.45) is 0. The van der Waals surface area contributed by atoms with Crippen LogP contribution in [0.15, 0.2) is 24.3 Å². The fourth-order valence-corrected chi connectivity index (χ4v) is 1.13. The van der Waals surface area contributed by atoms with Gasteiger partial charge in [-0.15, -0.1) is 0 Å². The van der Waals surface area contributed by atoms with Crippen LogP contribution >= 0.6 is 11.6 Å². The van der Waals surface area contributed by atoms with Crippen LogP contribution in [0.4, 0.5) is 0 Å². The van der Waals surface area contributed by atoms with Crippen LogP contribution in [0, 0.1) is 0 Å². The average Bonchev–Trinajstić information content (AvgIpc) is 2.18. The van der Waals surface area contributed by atoms with Crippen molar-refractivity contribution in [2.45, 2.75) is 0 Å². The molecule has 1 rings (SSSR count). The van der Waals surface area contributed by atoms with E-state index in [2.05, 4.69) is 5.32 Å². The highest BCUT2D eigenvalue weighted by Crippen LogP contribution is 2.11. The summed E-state index contributed by atoms with van der Waals surface area (Å²) < 4.78 is 4.96. The van der Waals surface area contributed by atoms with Gasteiger partial charge in [0.2, 0.25) is 0 Å². The maximum atomic E-state index is 11.4. The molecule has 0 radical (unpaired) electrons. The molecular formula is C10H12ClNO2. The molecule has 0 aromatic heterocycles. The fraction of sp³-hybridized carbons (Fsp3) is 0.300. The standard InChI is InChI=1S/C10H12ClNO2/c1-12-5-6-14-10(13)8-3-2-4-9(11)7-8/h2-4,7,12H,5-6H2,1H3. The van der Waals surface area contributed by atoms with Crippen LogP contribution < -0.4 is 5.32 Å². The highest BCUT2D eigenvalue weighted by atomic mass is 35.5. The predicted octanol–water partition coefficient (Wildman–Crippen LogP) is 1.72. The zero-order chi connectivity index (χ0) is 10.4. The van der Waals surface area contributed by atoms with Gasteiger partial charge in [0.1, 0.15) is 6.61 Å². The Bertz CT molecular complexity index is 315. The molecule has 1 aromatic rings. The Labute approximate surface area is 88.0 Å². The normalized spacial score (nSPS) is 9.86. The van der Waals surface area contributed by atoms with Crippen LogP contribution in [0.5, 0.6) is 0 Å². The van der Waals surface area contributed by atoms with Gasteiger partial charge in [-0.3, -0.25) is 0 Å². The summed E-state index contributed by atoms with van der Waals surface area (Å²) in [5, 5.41) is 3.42. The Kier molecular flexibility index (Phi) is 4.43. The number of rotatable bonds is 4. The lowest BCUT2D eigenvalue weighted by atomic mass is 10.2. The highest BCUT2D eigenvalue weighted by Gasteiger charge is 2.06. The SMILES string of the molecule is CNCCOC(=O)c1cccc(Cl)c1. The monoisotopic (exact) mass is 213 g/mol. The van der Waals surface area contributed by atoms with Crippen LogP contribution in [0.25, 0.3) is 0 Å². The maximum absolute atomic E-state index is 11.4. The van der Waals surface area contributed by atoms with E-state index in [1.54, 1.807) is 31.3 Å². The quantitative estimate of drug-likeness (QED) is 0.612. The Hall–Kier alpha value is -1.06. The zero-order valence-electron chi connectivity index (χ0n) is 7.92. The van der Waals surface area contributed by atoms with E-state index < -0.39 is 0 Å². The zero-order valence-corrected chi connectivity index (χ0v) is 8.67. The number of halogens is 1. The first-order valence-electron chi connectivity index (χ1n) is 4.31. The van der Waals surface area contributed by atoms with Gasteiger partial charge in [0.15, 0.2) is 0 Å². The molecule has 0 amide bonds. The summed E-state index contributed by atoms with van der Waals surface area (Å²) in [5.74, 6) is -0.345. The second kappa shape index (κ2) is 5.62. The molecule has 0 aliphatic rings. The lowest BCUT2D eigenvalue weighted by Gasteiger charge is -2.03. The van der Waals surface area contributed by atoms with Crippen LogP contribution in [0.3, 0.4) is 0 Å². The topological polar surface area (TPSA) is 38.3 Å². The molecule has 0 bridgehead atoms. The van der Waals surface area contributed by atoms with Gasteiger partial charge < -0.3 is 10.1 Å². The van der Waals surface area contributed by atoms with Gasteiger partial charge in [0, 0.05) is 11.6 Å². The third-order valence-electron chi connectivity index (χ3n) is 1.65. The number of nitrogens with one attached hydrogen (secondary N) is 1. The number of ether oxygens (including phenoxy) is 1. The van der Waals surface area contributed by atoms with Crippen molar-refractivity contribution in [3.8, 4) is 0 Å². The number of likely N-dealkylation sites (N-methyl/N-ethyl adjacent to an activating group) is 1. The summed E-state index contributed by atoms with van der Waals surface area (Å²) in [4.78, 5) is 11.4. The van der Waals surface area contributed by atoms with Crippen molar-refractivity contribution in [2.24, 2.45) is 0 Å². The molecule has 0 saturated heterocycles. The first kappa shape index (κ1) is 11.0.